The van der Waals surface area contributed by atoms with Crippen LogP contribution in [0.4, 0.5) is 0 Å². The molecular weight excluding hydrogens is 241 g/mol. The average molecular weight is 263 g/mol. The summed E-state index contributed by atoms with van der Waals surface area (Å²) in [5.74, 6) is 1.32. The Hall–Kier alpha value is 0.353. The molecule has 0 spiro atoms. The summed E-state index contributed by atoms with van der Waals surface area (Å²) in [6.45, 7) is 11.9. The van der Waals surface area contributed by atoms with E-state index in [0.29, 0.717) is 11.8 Å². The van der Waals surface area contributed by atoms with E-state index in [1.165, 1.54) is 0 Å². The predicted molar refractivity (Wildman–Crippen MR) is 51.9 cm³/mol. The molecule has 3 heteroatoms. The summed E-state index contributed by atoms with van der Waals surface area (Å²) in [5, 5.41) is 0. The molecule has 0 aliphatic rings. The van der Waals surface area contributed by atoms with Crippen LogP contribution >= 0.6 is 0 Å². The summed E-state index contributed by atoms with van der Waals surface area (Å²) in [5.41, 5.74) is 0. The minimum absolute atomic E-state index is 0. The third-order valence-electron chi connectivity index (χ3n) is 1.62. The van der Waals surface area contributed by atoms with Crippen molar-refractivity contribution in [1.82, 2.24) is 4.90 Å². The van der Waals surface area contributed by atoms with Crippen LogP contribution in [0.3, 0.4) is 0 Å². The van der Waals surface area contributed by atoms with Gasteiger partial charge in [0.25, 0.3) is 0 Å². The van der Waals surface area contributed by atoms with Crippen molar-refractivity contribution in [2.45, 2.75) is 34.6 Å². The Bertz CT molecular complexity index is 136. The first-order chi connectivity index (χ1) is 5.43. The molecule has 0 unspecified atom stereocenters. The van der Waals surface area contributed by atoms with Crippen molar-refractivity contribution >= 4 is 5.91 Å². The first-order valence-electron chi connectivity index (χ1n) is 4.69. The topological polar surface area (TPSA) is 20.3 Å². The van der Waals surface area contributed by atoms with Crippen LogP contribution in [0.1, 0.15) is 34.6 Å². The van der Waals surface area contributed by atoms with Gasteiger partial charge in [-0.15, -0.1) is 0 Å². The SMILES string of the molecule is CC(=O)N(CC(C)C)CC(C)C.[Zr]. The van der Waals surface area contributed by atoms with Gasteiger partial charge in [-0.2, -0.15) is 0 Å². The number of hydrogen-bond acceptors (Lipinski definition) is 1. The van der Waals surface area contributed by atoms with Crippen molar-refractivity contribution in [3.05, 3.63) is 0 Å². The predicted octanol–water partition coefficient (Wildman–Crippen LogP) is 2.14. The molecule has 76 valence electrons. The molecule has 0 bridgehead atoms. The molecule has 0 aliphatic carbocycles. The molecule has 0 saturated carbocycles. The number of nitrogens with zero attached hydrogens (tertiary/aromatic N) is 1. The van der Waals surface area contributed by atoms with Crippen molar-refractivity contribution in [1.29, 1.82) is 0 Å². The second-order valence-corrected chi connectivity index (χ2v) is 4.21. The summed E-state index contributed by atoms with van der Waals surface area (Å²) in [6, 6.07) is 0. The molecule has 0 saturated heterocycles. The quantitative estimate of drug-likeness (QED) is 0.760. The minimum atomic E-state index is 0. The van der Waals surface area contributed by atoms with Crippen LogP contribution < -0.4 is 0 Å². The van der Waals surface area contributed by atoms with Gasteiger partial charge in [-0.3, -0.25) is 4.79 Å². The van der Waals surface area contributed by atoms with E-state index < -0.39 is 0 Å². The van der Waals surface area contributed by atoms with Gasteiger partial charge in [0.1, 0.15) is 0 Å². The maximum atomic E-state index is 11.1. The van der Waals surface area contributed by atoms with Crippen molar-refractivity contribution in [2.24, 2.45) is 11.8 Å². The maximum absolute atomic E-state index is 11.1. The van der Waals surface area contributed by atoms with Gasteiger partial charge in [0.15, 0.2) is 0 Å². The van der Waals surface area contributed by atoms with E-state index in [1.54, 1.807) is 6.92 Å². The largest absolute Gasteiger partial charge is 0.342 e. The van der Waals surface area contributed by atoms with E-state index in [0.717, 1.165) is 13.1 Å². The van der Waals surface area contributed by atoms with Crippen molar-refractivity contribution in [2.75, 3.05) is 13.1 Å². The Labute approximate surface area is 101 Å². The van der Waals surface area contributed by atoms with Gasteiger partial charge in [0.05, 0.1) is 0 Å². The van der Waals surface area contributed by atoms with Crippen LogP contribution in [0.15, 0.2) is 0 Å². The van der Waals surface area contributed by atoms with Gasteiger partial charge in [-0.25, -0.2) is 0 Å². The van der Waals surface area contributed by atoms with E-state index in [9.17, 15) is 4.79 Å². The molecule has 2 nitrogen and oxygen atoms in total. The van der Waals surface area contributed by atoms with E-state index >= 15 is 0 Å². The molecule has 0 aromatic heterocycles. The Morgan fingerprint density at radius 3 is 1.54 bits per heavy atom. The summed E-state index contributed by atoms with van der Waals surface area (Å²) >= 11 is 0. The van der Waals surface area contributed by atoms with Crippen LogP contribution in [0.25, 0.3) is 0 Å². The fourth-order valence-corrected chi connectivity index (χ4v) is 1.21. The van der Waals surface area contributed by atoms with Crippen LogP contribution in [0.2, 0.25) is 0 Å². The second kappa shape index (κ2) is 7.73. The van der Waals surface area contributed by atoms with E-state index in [-0.39, 0.29) is 32.1 Å². The number of hydrogen-bond donors (Lipinski definition) is 0. The Morgan fingerprint density at radius 2 is 1.38 bits per heavy atom. The standard InChI is InChI=1S/C10H21NO.Zr/c1-8(2)6-11(10(5)12)7-9(3)4;/h8-9H,6-7H2,1-5H3;. The fourth-order valence-electron chi connectivity index (χ4n) is 1.21. The van der Waals surface area contributed by atoms with Gasteiger partial charge in [-0.1, -0.05) is 27.7 Å². The molecule has 0 rings (SSSR count). The zero-order valence-electron chi connectivity index (χ0n) is 9.42. The van der Waals surface area contributed by atoms with Crippen molar-refractivity contribution in [3.63, 3.8) is 0 Å². The van der Waals surface area contributed by atoms with Gasteiger partial charge in [0.2, 0.25) is 5.91 Å². The molecule has 0 N–H and O–H groups in total. The molecule has 0 atom stereocenters. The smallest absolute Gasteiger partial charge is 0.219 e. The molecule has 0 aromatic rings. The van der Waals surface area contributed by atoms with Gasteiger partial charge >= 0.3 is 0 Å². The second-order valence-electron chi connectivity index (χ2n) is 4.21. The van der Waals surface area contributed by atoms with E-state index in [4.69, 9.17) is 0 Å². The van der Waals surface area contributed by atoms with Crippen LogP contribution in [-0.2, 0) is 31.0 Å². The van der Waals surface area contributed by atoms with Crippen LogP contribution in [0, 0.1) is 11.8 Å². The van der Waals surface area contributed by atoms with Gasteiger partial charge in [0, 0.05) is 46.2 Å². The number of carbonyl (C=O) groups excluding carboxylic acids is 1. The van der Waals surface area contributed by atoms with Gasteiger partial charge < -0.3 is 4.90 Å². The van der Waals surface area contributed by atoms with Crippen LogP contribution in [-0.4, -0.2) is 23.9 Å². The van der Waals surface area contributed by atoms with E-state index in [2.05, 4.69) is 27.7 Å². The molecule has 13 heavy (non-hydrogen) atoms. The number of rotatable bonds is 4. The molecule has 0 aromatic carbocycles. The summed E-state index contributed by atoms with van der Waals surface area (Å²) < 4.78 is 0. The summed E-state index contributed by atoms with van der Waals surface area (Å²) in [7, 11) is 0. The summed E-state index contributed by atoms with van der Waals surface area (Å²) in [6.07, 6.45) is 0. The Morgan fingerprint density at radius 1 is 1.08 bits per heavy atom. The molecule has 1 amide bonds. The minimum Gasteiger partial charge on any atom is -0.342 e. The molecule has 0 aliphatic heterocycles. The van der Waals surface area contributed by atoms with Crippen LogP contribution in [0.5, 0.6) is 0 Å². The first-order valence-corrected chi connectivity index (χ1v) is 4.69. The van der Waals surface area contributed by atoms with Gasteiger partial charge in [-0.05, 0) is 11.8 Å². The Balaban J connectivity index is 0. The fraction of sp³-hybridized carbons (Fsp3) is 0.900. The Kier molecular flexibility index (Phi) is 9.40. The zero-order valence-corrected chi connectivity index (χ0v) is 11.9. The molecule has 0 fully saturated rings. The normalized spacial score (nSPS) is 10.1. The zero-order chi connectivity index (χ0) is 9.72. The maximum Gasteiger partial charge on any atom is 0.219 e. The first kappa shape index (κ1) is 15.8. The van der Waals surface area contributed by atoms with Crippen molar-refractivity contribution in [3.8, 4) is 0 Å². The molecule has 0 heterocycles. The average Bonchev–Trinajstić information content (AvgIpc) is 1.83. The van der Waals surface area contributed by atoms with Crippen molar-refractivity contribution < 1.29 is 31.0 Å². The summed E-state index contributed by atoms with van der Waals surface area (Å²) in [4.78, 5) is 13.1. The van der Waals surface area contributed by atoms with E-state index in [1.807, 2.05) is 4.90 Å². The third-order valence-corrected chi connectivity index (χ3v) is 1.62. The number of carbonyl (C=O) groups is 1. The molecule has 0 radical (unpaired) electrons. The number of amides is 1. The third kappa shape index (κ3) is 8.68. The monoisotopic (exact) mass is 261 g/mol. The molecular formula is C10H21NOZr.